The number of aldehydes is 1. The molecule has 0 atom stereocenters. The third kappa shape index (κ3) is 2.92. The van der Waals surface area contributed by atoms with Crippen LogP contribution in [0.4, 0.5) is 8.78 Å². The highest BCUT2D eigenvalue weighted by molar-refractivity contribution is 5.89. The minimum absolute atomic E-state index is 0.0866. The van der Waals surface area contributed by atoms with E-state index < -0.39 is 11.6 Å². The van der Waals surface area contributed by atoms with E-state index in [0.29, 0.717) is 17.5 Å². The molecule has 138 valence electrons. The van der Waals surface area contributed by atoms with Crippen LogP contribution in [-0.4, -0.2) is 53.9 Å². The predicted octanol–water partition coefficient (Wildman–Crippen LogP) is 2.59. The summed E-state index contributed by atoms with van der Waals surface area (Å²) in [7, 11) is 2.05. The van der Waals surface area contributed by atoms with Crippen molar-refractivity contribution in [1.29, 1.82) is 5.41 Å². The van der Waals surface area contributed by atoms with Crippen LogP contribution in [0.3, 0.4) is 0 Å². The van der Waals surface area contributed by atoms with Crippen molar-refractivity contribution in [3.63, 3.8) is 0 Å². The molecular formula is C19H22F2N4O. The van der Waals surface area contributed by atoms with Crippen molar-refractivity contribution in [3.05, 3.63) is 46.5 Å². The van der Waals surface area contributed by atoms with Crippen molar-refractivity contribution in [2.75, 3.05) is 33.2 Å². The van der Waals surface area contributed by atoms with Gasteiger partial charge in [-0.25, -0.2) is 8.78 Å². The Morgan fingerprint density at radius 1 is 1.15 bits per heavy atom. The number of piperazine rings is 1. The summed E-state index contributed by atoms with van der Waals surface area (Å²) in [5, 5.41) is 8.37. The molecule has 1 aromatic heterocycles. The molecule has 2 heterocycles. The molecule has 3 rings (SSSR count). The molecule has 0 saturated carbocycles. The van der Waals surface area contributed by atoms with Crippen LogP contribution in [0, 0.1) is 24.0 Å². The first-order valence-electron chi connectivity index (χ1n) is 8.53. The zero-order chi connectivity index (χ0) is 19.0. The molecule has 5 nitrogen and oxygen atoms in total. The van der Waals surface area contributed by atoms with Crippen molar-refractivity contribution in [1.82, 2.24) is 14.4 Å². The number of carbonyl (C=O) groups is 1. The van der Waals surface area contributed by atoms with Crippen LogP contribution in [0.5, 0.6) is 0 Å². The van der Waals surface area contributed by atoms with Crippen LogP contribution in [0.2, 0.25) is 0 Å². The fourth-order valence-electron chi connectivity index (χ4n) is 3.48. The Labute approximate surface area is 150 Å². The summed E-state index contributed by atoms with van der Waals surface area (Å²) in [4.78, 5) is 16.0. The Kier molecular flexibility index (Phi) is 4.91. The lowest BCUT2D eigenvalue weighted by molar-refractivity contribution is 0.112. The topological polar surface area (TPSA) is 52.3 Å². The summed E-state index contributed by atoms with van der Waals surface area (Å²) >= 11 is 0. The fraction of sp³-hybridized carbons (Fsp3) is 0.368. The van der Waals surface area contributed by atoms with E-state index in [2.05, 4.69) is 16.8 Å². The lowest BCUT2D eigenvalue weighted by atomic mass is 10.1. The van der Waals surface area contributed by atoms with E-state index in [4.69, 9.17) is 5.41 Å². The Balaban J connectivity index is 2.31. The quantitative estimate of drug-likeness (QED) is 0.856. The third-order valence-electron chi connectivity index (χ3n) is 4.98. The van der Waals surface area contributed by atoms with Gasteiger partial charge in [0, 0.05) is 43.3 Å². The molecule has 1 aliphatic heterocycles. The number of nitrogens with one attached hydrogen (secondary N) is 1. The number of rotatable bonds is 3. The van der Waals surface area contributed by atoms with Gasteiger partial charge in [0.15, 0.2) is 17.9 Å². The summed E-state index contributed by atoms with van der Waals surface area (Å²) in [6.45, 7) is 6.94. The molecule has 0 amide bonds. The zero-order valence-electron chi connectivity index (χ0n) is 15.1. The molecule has 1 aromatic carbocycles. The van der Waals surface area contributed by atoms with E-state index in [0.717, 1.165) is 44.1 Å². The minimum Gasteiger partial charge on any atom is -0.355 e. The summed E-state index contributed by atoms with van der Waals surface area (Å²) in [5.74, 6) is -1.20. The van der Waals surface area contributed by atoms with Gasteiger partial charge in [0.05, 0.1) is 16.4 Å². The van der Waals surface area contributed by atoms with Crippen LogP contribution in [0.25, 0.3) is 16.7 Å². The van der Waals surface area contributed by atoms with Crippen molar-refractivity contribution in [3.8, 4) is 0 Å². The van der Waals surface area contributed by atoms with E-state index in [1.165, 1.54) is 0 Å². The lowest BCUT2D eigenvalue weighted by Gasteiger charge is -2.37. The first-order chi connectivity index (χ1) is 12.4. The summed E-state index contributed by atoms with van der Waals surface area (Å²) < 4.78 is 29.5. The number of carbonyl (C=O) groups excluding carboxylic acids is 1. The highest BCUT2D eigenvalue weighted by Gasteiger charge is 2.22. The Hall–Kier alpha value is -2.54. The second-order valence-electron chi connectivity index (χ2n) is 6.55. The first-order valence-corrected chi connectivity index (χ1v) is 8.53. The molecule has 2 aromatic rings. The molecule has 1 aliphatic rings. The number of fused-ring (bicyclic) bond motifs is 1. The van der Waals surface area contributed by atoms with E-state index in [-0.39, 0.29) is 16.3 Å². The minimum atomic E-state index is -1.03. The number of hydrogen-bond acceptors (Lipinski definition) is 4. The summed E-state index contributed by atoms with van der Waals surface area (Å²) in [5.41, 5.74) is 1.09. The van der Waals surface area contributed by atoms with Crippen molar-refractivity contribution >= 4 is 23.0 Å². The number of nitrogens with zero attached hydrogens (tertiary/aromatic N) is 3. The maximum atomic E-state index is 14.0. The van der Waals surface area contributed by atoms with Gasteiger partial charge in [-0.1, -0.05) is 0 Å². The molecule has 26 heavy (non-hydrogen) atoms. The van der Waals surface area contributed by atoms with Crippen molar-refractivity contribution in [2.45, 2.75) is 13.8 Å². The van der Waals surface area contributed by atoms with Gasteiger partial charge < -0.3 is 9.80 Å². The van der Waals surface area contributed by atoms with Gasteiger partial charge in [-0.15, -0.1) is 0 Å². The molecule has 0 unspecified atom stereocenters. The average Bonchev–Trinajstić information content (AvgIpc) is 2.62. The largest absolute Gasteiger partial charge is 0.355 e. The number of pyridine rings is 1. The number of allylic oxidation sites excluding steroid dienone is 1. The normalized spacial score (nSPS) is 16.3. The fourth-order valence-corrected chi connectivity index (χ4v) is 3.48. The van der Waals surface area contributed by atoms with E-state index >= 15 is 0 Å². The van der Waals surface area contributed by atoms with Crippen LogP contribution in [0.15, 0.2) is 18.2 Å². The maximum Gasteiger partial charge on any atom is 0.160 e. The number of benzene rings is 1. The third-order valence-corrected chi connectivity index (χ3v) is 4.98. The molecule has 0 bridgehead atoms. The molecular weight excluding hydrogens is 338 g/mol. The van der Waals surface area contributed by atoms with Gasteiger partial charge in [0.25, 0.3) is 0 Å². The Morgan fingerprint density at radius 2 is 1.77 bits per heavy atom. The number of likely N-dealkylation sites (N-methyl/N-ethyl adjacent to an activating group) is 1. The highest BCUT2D eigenvalue weighted by Crippen LogP contribution is 2.25. The lowest BCUT2D eigenvalue weighted by Crippen LogP contribution is -2.44. The van der Waals surface area contributed by atoms with Crippen LogP contribution in [0.1, 0.15) is 23.0 Å². The monoisotopic (exact) mass is 360 g/mol. The second kappa shape index (κ2) is 6.99. The number of hydrogen-bond donors (Lipinski definition) is 1. The highest BCUT2D eigenvalue weighted by atomic mass is 19.2. The standard InChI is InChI=1S/C19H22F2N4O/c1-4-18(24-7-5-23(3)6-8-24)25-12(2)14(11-26)19(22)13-9-15(20)16(21)10-17(13)25/h4,9-11,22H,5-8H2,1-3H3. The molecule has 1 saturated heterocycles. The molecule has 1 N–H and O–H groups in total. The van der Waals surface area contributed by atoms with E-state index in [9.17, 15) is 13.6 Å². The van der Waals surface area contributed by atoms with Gasteiger partial charge in [0.1, 0.15) is 5.82 Å². The Bertz CT molecular complexity index is 956. The number of aromatic nitrogens is 1. The van der Waals surface area contributed by atoms with Crippen molar-refractivity contribution < 1.29 is 13.6 Å². The maximum absolute atomic E-state index is 14.0. The van der Waals surface area contributed by atoms with E-state index in [1.807, 2.05) is 13.0 Å². The predicted molar refractivity (Wildman–Crippen MR) is 96.9 cm³/mol. The molecule has 0 radical (unpaired) electrons. The second-order valence-corrected chi connectivity index (χ2v) is 6.55. The van der Waals surface area contributed by atoms with Gasteiger partial charge in [-0.05, 0) is 33.0 Å². The molecule has 0 spiro atoms. The Morgan fingerprint density at radius 3 is 2.35 bits per heavy atom. The van der Waals surface area contributed by atoms with Crippen molar-refractivity contribution in [2.24, 2.45) is 0 Å². The van der Waals surface area contributed by atoms with Gasteiger partial charge in [0.2, 0.25) is 0 Å². The van der Waals surface area contributed by atoms with Crippen LogP contribution < -0.4 is 5.36 Å². The average molecular weight is 360 g/mol. The SMILES string of the molecule is CC=C(N1CCN(C)CC1)n1c(C)c(C=O)c(=N)c2cc(F)c(F)cc21. The van der Waals surface area contributed by atoms with Gasteiger partial charge in [-0.2, -0.15) is 0 Å². The zero-order valence-corrected chi connectivity index (χ0v) is 15.1. The number of halogens is 2. The van der Waals surface area contributed by atoms with E-state index in [1.54, 1.807) is 11.5 Å². The van der Waals surface area contributed by atoms with Gasteiger partial charge >= 0.3 is 0 Å². The molecule has 7 heteroatoms. The first kappa shape index (κ1) is 18.3. The molecule has 0 aliphatic carbocycles. The summed E-state index contributed by atoms with van der Waals surface area (Å²) in [6, 6.07) is 2.09. The smallest absolute Gasteiger partial charge is 0.160 e. The van der Waals surface area contributed by atoms with Crippen LogP contribution >= 0.6 is 0 Å². The van der Waals surface area contributed by atoms with Gasteiger partial charge in [-0.3, -0.25) is 14.8 Å². The van der Waals surface area contributed by atoms with Crippen LogP contribution in [-0.2, 0) is 0 Å². The summed E-state index contributed by atoms with van der Waals surface area (Å²) in [6.07, 6.45) is 2.50. The molecule has 1 fully saturated rings.